The Bertz CT molecular complexity index is 1000. The summed E-state index contributed by atoms with van der Waals surface area (Å²) in [5, 5.41) is 41.6. The average Bonchev–Trinajstić information content (AvgIpc) is 2.84. The van der Waals surface area contributed by atoms with Crippen molar-refractivity contribution in [1.82, 2.24) is 0 Å². The van der Waals surface area contributed by atoms with Crippen LogP contribution in [0.15, 0.2) is 84.0 Å². The Balaban J connectivity index is 0.000000576. The molecule has 0 fully saturated rings. The third kappa shape index (κ3) is 20.3. The SMILES string of the molecule is CC(C)[CH2][Sn+4][CH2]C(C)C.O=C([O-])/C=C(/Cc1ccccc1)C(=O)[O-].O=C([O-])/C=C(/Cc1ccccc1)C(=O)[O-]. The van der Waals surface area contributed by atoms with Gasteiger partial charge in [-0.2, -0.15) is 0 Å². The Morgan fingerprint density at radius 1 is 0.615 bits per heavy atom. The van der Waals surface area contributed by atoms with Gasteiger partial charge >= 0.3 is 69.5 Å². The maximum atomic E-state index is 10.6. The van der Waals surface area contributed by atoms with Crippen molar-refractivity contribution in [2.24, 2.45) is 11.8 Å². The van der Waals surface area contributed by atoms with Gasteiger partial charge in [-0.1, -0.05) is 60.7 Å². The molecular formula is C30H34O8Sn. The molecule has 0 aliphatic heterocycles. The molecule has 2 aromatic carbocycles. The molecule has 0 N–H and O–H groups in total. The third-order valence-electron chi connectivity index (χ3n) is 4.69. The molecule has 39 heavy (non-hydrogen) atoms. The van der Waals surface area contributed by atoms with Crippen molar-refractivity contribution in [2.45, 2.75) is 49.4 Å². The average molecular weight is 641 g/mol. The summed E-state index contributed by atoms with van der Waals surface area (Å²) in [5.74, 6) is -4.13. The van der Waals surface area contributed by atoms with E-state index in [9.17, 15) is 39.6 Å². The van der Waals surface area contributed by atoms with E-state index < -0.39 is 23.9 Å². The van der Waals surface area contributed by atoms with E-state index in [-0.39, 0.29) is 45.1 Å². The fourth-order valence-corrected chi connectivity index (χ4v) is 6.71. The van der Waals surface area contributed by atoms with Gasteiger partial charge in [0.1, 0.15) is 0 Å². The molecule has 0 aromatic heterocycles. The summed E-state index contributed by atoms with van der Waals surface area (Å²) < 4.78 is 3.14. The first-order chi connectivity index (χ1) is 18.3. The Kier molecular flexibility index (Phi) is 18.8. The number of aliphatic carboxylic acids is 4. The molecule has 0 saturated carbocycles. The van der Waals surface area contributed by atoms with Crippen molar-refractivity contribution in [3.8, 4) is 0 Å². The third-order valence-corrected chi connectivity index (χ3v) is 11.0. The standard InChI is InChI=1S/2C11H10O4.2C4H9.Sn/c2*12-10(13)7-9(11(14)15)6-8-4-2-1-3-5-8;2*1-4(2)3;/h2*1-5,7H,6H2,(H,12,13)(H,14,15);2*4H,1H2,2-3H3;/q;;;;+4/p-4/b2*9-7-;;;. The first-order valence-corrected chi connectivity index (χ1v) is 16.4. The minimum absolute atomic E-state index is 0.0111. The van der Waals surface area contributed by atoms with Crippen molar-refractivity contribution in [1.29, 1.82) is 0 Å². The zero-order valence-electron chi connectivity index (χ0n) is 22.7. The molecule has 0 heterocycles. The molecule has 0 amide bonds. The number of carboxylic acid groups (broad SMARTS) is 4. The Morgan fingerprint density at radius 2 is 0.923 bits per heavy atom. The summed E-state index contributed by atoms with van der Waals surface area (Å²) in [7, 11) is 0. The van der Waals surface area contributed by atoms with Crippen molar-refractivity contribution >= 4 is 45.0 Å². The number of rotatable bonds is 12. The van der Waals surface area contributed by atoms with Crippen LogP contribution >= 0.6 is 0 Å². The summed E-state index contributed by atoms with van der Waals surface area (Å²) in [4.78, 5) is 41.6. The van der Waals surface area contributed by atoms with Crippen LogP contribution < -0.4 is 20.4 Å². The minimum atomic E-state index is -1.54. The zero-order valence-corrected chi connectivity index (χ0v) is 25.5. The smallest absolute Gasteiger partial charge is 0.0678 e. The van der Waals surface area contributed by atoms with E-state index in [2.05, 4.69) is 27.7 Å². The van der Waals surface area contributed by atoms with Gasteiger partial charge in [-0.3, -0.25) is 0 Å². The molecule has 6 radical (unpaired) electrons. The van der Waals surface area contributed by atoms with Crippen molar-refractivity contribution in [3.63, 3.8) is 0 Å². The zero-order chi connectivity index (χ0) is 29.8. The van der Waals surface area contributed by atoms with Crippen LogP contribution in [0, 0.1) is 11.8 Å². The van der Waals surface area contributed by atoms with Gasteiger partial charge in [0, 0.05) is 0 Å². The molecular weight excluding hydrogens is 607 g/mol. The molecule has 0 unspecified atom stereocenters. The largest absolute Gasteiger partial charge is 0.545 e. The predicted octanol–water partition coefficient (Wildman–Crippen LogP) is 0.150. The van der Waals surface area contributed by atoms with Gasteiger partial charge in [0.05, 0.1) is 23.9 Å². The van der Waals surface area contributed by atoms with E-state index in [0.717, 1.165) is 11.8 Å². The Labute approximate surface area is 240 Å². The van der Waals surface area contributed by atoms with Gasteiger partial charge in [0.25, 0.3) is 0 Å². The van der Waals surface area contributed by atoms with E-state index in [1.165, 1.54) is 0 Å². The molecule has 2 aromatic rings. The van der Waals surface area contributed by atoms with Gasteiger partial charge in [-0.25, -0.2) is 0 Å². The number of carboxylic acids is 4. The van der Waals surface area contributed by atoms with Gasteiger partial charge in [-0.15, -0.1) is 0 Å². The molecule has 2 rings (SSSR count). The van der Waals surface area contributed by atoms with Crippen molar-refractivity contribution < 1.29 is 39.6 Å². The first kappa shape index (κ1) is 35.6. The van der Waals surface area contributed by atoms with Crippen LogP contribution in [0.1, 0.15) is 38.8 Å². The van der Waals surface area contributed by atoms with E-state index >= 15 is 0 Å². The molecule has 0 atom stereocenters. The quantitative estimate of drug-likeness (QED) is 0.234. The number of hydrogen-bond acceptors (Lipinski definition) is 8. The van der Waals surface area contributed by atoms with Crippen LogP contribution in [-0.2, 0) is 32.0 Å². The summed E-state index contributed by atoms with van der Waals surface area (Å²) in [6.45, 7) is 9.34. The maximum Gasteiger partial charge on any atom is 0.0678 e. The van der Waals surface area contributed by atoms with Crippen LogP contribution in [0.25, 0.3) is 0 Å². The maximum absolute atomic E-state index is 10.6. The van der Waals surface area contributed by atoms with Gasteiger partial charge in [0.2, 0.25) is 0 Å². The fraction of sp³-hybridized carbons (Fsp3) is 0.333. The number of hydrogen-bond donors (Lipinski definition) is 0. The van der Waals surface area contributed by atoms with Crippen molar-refractivity contribution in [2.75, 3.05) is 0 Å². The molecule has 9 heteroatoms. The topological polar surface area (TPSA) is 161 Å². The van der Waals surface area contributed by atoms with Gasteiger partial charge in [0.15, 0.2) is 0 Å². The molecule has 0 aliphatic rings. The summed E-state index contributed by atoms with van der Waals surface area (Å²) in [5.41, 5.74) is 0.797. The van der Waals surface area contributed by atoms with Gasteiger partial charge < -0.3 is 39.6 Å². The second-order valence-electron chi connectivity index (χ2n) is 9.32. The number of benzene rings is 2. The molecule has 0 bridgehead atoms. The molecule has 0 spiro atoms. The summed E-state index contributed by atoms with van der Waals surface area (Å²) in [6, 6.07) is 17.3. The number of carbonyl (C=O) groups excluding carboxylic acids is 4. The van der Waals surface area contributed by atoms with E-state index in [0.29, 0.717) is 23.3 Å². The van der Waals surface area contributed by atoms with E-state index in [1.54, 1.807) is 69.5 Å². The molecule has 8 nitrogen and oxygen atoms in total. The summed E-state index contributed by atoms with van der Waals surface area (Å²) >= 11 is 0.0709. The van der Waals surface area contributed by atoms with Crippen LogP contribution in [0.3, 0.4) is 0 Å². The van der Waals surface area contributed by atoms with E-state index in [1.807, 2.05) is 0 Å². The second-order valence-corrected chi connectivity index (χ2v) is 13.1. The Morgan fingerprint density at radius 3 is 1.15 bits per heavy atom. The molecule has 0 saturated heterocycles. The normalized spacial score (nSPS) is 11.1. The van der Waals surface area contributed by atoms with Crippen LogP contribution in [0.4, 0.5) is 0 Å². The van der Waals surface area contributed by atoms with Crippen LogP contribution in [-0.4, -0.2) is 45.0 Å². The van der Waals surface area contributed by atoms with Crippen molar-refractivity contribution in [3.05, 3.63) is 95.1 Å². The number of carbonyl (C=O) groups is 4. The monoisotopic (exact) mass is 642 g/mol. The second kappa shape index (κ2) is 20.5. The minimum Gasteiger partial charge on any atom is -0.545 e. The summed E-state index contributed by atoms with van der Waals surface area (Å²) in [6.07, 6.45) is 1.11. The van der Waals surface area contributed by atoms with Gasteiger partial charge in [-0.05, 0) is 47.3 Å². The molecule has 206 valence electrons. The van der Waals surface area contributed by atoms with Crippen LogP contribution in [0.5, 0.6) is 0 Å². The Hall–Kier alpha value is -3.40. The van der Waals surface area contributed by atoms with Crippen LogP contribution in [0.2, 0.25) is 8.87 Å². The fourth-order valence-electron chi connectivity index (χ4n) is 2.94. The molecule has 0 aliphatic carbocycles. The van der Waals surface area contributed by atoms with E-state index in [4.69, 9.17) is 0 Å². The predicted molar refractivity (Wildman–Crippen MR) is 142 cm³/mol. The first-order valence-electron chi connectivity index (χ1n) is 12.4.